The third-order valence-electron chi connectivity index (χ3n) is 8.29. The summed E-state index contributed by atoms with van der Waals surface area (Å²) in [6.45, 7) is 2.68. The SMILES string of the molecule is Nc1nc(N2CCC3(CC2)Cc2ccccc2C3)cnc1Sc1ccnc2c1OCCC1(CC1)N2. The minimum atomic E-state index is 0.177. The molecule has 4 aliphatic rings. The maximum atomic E-state index is 6.42. The first kappa shape index (κ1) is 21.3. The summed E-state index contributed by atoms with van der Waals surface area (Å²) < 4.78 is 6.11. The van der Waals surface area contributed by atoms with Crippen LogP contribution in [0.5, 0.6) is 5.75 Å². The first-order valence-corrected chi connectivity index (χ1v) is 13.4. The van der Waals surface area contributed by atoms with Crippen molar-refractivity contribution >= 4 is 29.2 Å². The minimum Gasteiger partial charge on any atom is -0.488 e. The van der Waals surface area contributed by atoms with Gasteiger partial charge in [-0.15, -0.1) is 0 Å². The molecule has 1 aromatic carbocycles. The molecule has 7 nitrogen and oxygen atoms in total. The number of hydrogen-bond acceptors (Lipinski definition) is 8. The summed E-state index contributed by atoms with van der Waals surface area (Å²) in [7, 11) is 0. The molecule has 2 aliphatic heterocycles. The summed E-state index contributed by atoms with van der Waals surface area (Å²) >= 11 is 1.50. The van der Waals surface area contributed by atoms with Gasteiger partial charge in [0.1, 0.15) is 10.8 Å². The molecule has 8 heteroatoms. The van der Waals surface area contributed by atoms with Crippen LogP contribution in [0, 0.1) is 5.41 Å². The monoisotopic (exact) mass is 486 g/mol. The molecule has 0 unspecified atom stereocenters. The van der Waals surface area contributed by atoms with E-state index in [2.05, 4.69) is 39.5 Å². The van der Waals surface area contributed by atoms with Gasteiger partial charge >= 0.3 is 0 Å². The second kappa shape index (κ2) is 8.01. The van der Waals surface area contributed by atoms with E-state index in [1.54, 1.807) is 0 Å². The lowest BCUT2D eigenvalue weighted by molar-refractivity contribution is 0.232. The number of nitrogen functional groups attached to an aromatic ring is 1. The first-order valence-electron chi connectivity index (χ1n) is 12.6. The number of pyridine rings is 1. The normalized spacial score (nSPS) is 21.1. The summed E-state index contributed by atoms with van der Waals surface area (Å²) in [6.07, 6.45) is 11.8. The molecule has 0 amide bonds. The fourth-order valence-corrected chi connectivity index (χ4v) is 6.82. The van der Waals surface area contributed by atoms with Crippen LogP contribution in [0.15, 0.2) is 52.6 Å². The average molecular weight is 487 g/mol. The highest BCUT2D eigenvalue weighted by Crippen LogP contribution is 2.48. The molecule has 3 N–H and O–H groups in total. The van der Waals surface area contributed by atoms with E-state index in [0.717, 1.165) is 41.8 Å². The zero-order valence-electron chi connectivity index (χ0n) is 19.8. The zero-order chi connectivity index (χ0) is 23.5. The highest BCUT2D eigenvalue weighted by molar-refractivity contribution is 7.99. The largest absolute Gasteiger partial charge is 0.488 e. The van der Waals surface area contributed by atoms with Crippen molar-refractivity contribution in [2.45, 2.75) is 60.4 Å². The smallest absolute Gasteiger partial charge is 0.175 e. The second-order valence-electron chi connectivity index (χ2n) is 10.6. The molecule has 3 aromatic rings. The van der Waals surface area contributed by atoms with Gasteiger partial charge in [0.05, 0.1) is 17.7 Å². The Hall–Kier alpha value is -3.00. The summed E-state index contributed by atoms with van der Waals surface area (Å²) in [5.74, 6) is 2.96. The maximum Gasteiger partial charge on any atom is 0.175 e. The van der Waals surface area contributed by atoms with Crippen LogP contribution in [0.1, 0.15) is 43.2 Å². The molecule has 2 aliphatic carbocycles. The number of aromatic nitrogens is 3. The summed E-state index contributed by atoms with van der Waals surface area (Å²) in [5.41, 5.74) is 10.1. The van der Waals surface area contributed by atoms with Crippen molar-refractivity contribution in [1.29, 1.82) is 0 Å². The van der Waals surface area contributed by atoms with Crippen LogP contribution >= 0.6 is 11.8 Å². The van der Waals surface area contributed by atoms with E-state index in [0.29, 0.717) is 22.9 Å². The van der Waals surface area contributed by atoms with E-state index >= 15 is 0 Å². The topological polar surface area (TPSA) is 89.2 Å². The third kappa shape index (κ3) is 3.88. The predicted octanol–water partition coefficient (Wildman–Crippen LogP) is 4.72. The number of anilines is 3. The molecule has 1 saturated heterocycles. The fraction of sp³-hybridized carbons (Fsp3) is 0.444. The zero-order valence-corrected chi connectivity index (χ0v) is 20.6. The maximum absolute atomic E-state index is 6.42. The highest BCUT2D eigenvalue weighted by atomic mass is 32.2. The van der Waals surface area contributed by atoms with Crippen molar-refractivity contribution < 1.29 is 4.74 Å². The lowest BCUT2D eigenvalue weighted by Crippen LogP contribution is -2.41. The van der Waals surface area contributed by atoms with Gasteiger partial charge in [0.25, 0.3) is 0 Å². The Balaban J connectivity index is 1.05. The van der Waals surface area contributed by atoms with E-state index in [9.17, 15) is 0 Å². The van der Waals surface area contributed by atoms with Crippen LogP contribution < -0.4 is 20.7 Å². The number of nitrogens with two attached hydrogens (primary N) is 1. The van der Waals surface area contributed by atoms with Gasteiger partial charge in [-0.25, -0.2) is 15.0 Å². The van der Waals surface area contributed by atoms with Crippen LogP contribution in [0.3, 0.4) is 0 Å². The Morgan fingerprint density at radius 1 is 0.971 bits per heavy atom. The number of fused-ring (bicyclic) bond motifs is 2. The van der Waals surface area contributed by atoms with E-state index in [-0.39, 0.29) is 5.54 Å². The molecule has 0 atom stereocenters. The van der Waals surface area contributed by atoms with Crippen LogP contribution in [-0.2, 0) is 12.8 Å². The number of piperidine rings is 1. The Bertz CT molecular complexity index is 1260. The molecule has 0 bridgehead atoms. The molecule has 2 aromatic heterocycles. The van der Waals surface area contributed by atoms with Gasteiger partial charge < -0.3 is 20.7 Å². The van der Waals surface area contributed by atoms with Crippen molar-refractivity contribution in [2.24, 2.45) is 5.41 Å². The summed E-state index contributed by atoms with van der Waals surface area (Å²) in [6, 6.07) is 10.9. The van der Waals surface area contributed by atoms with Crippen molar-refractivity contribution in [3.05, 3.63) is 53.9 Å². The quantitative estimate of drug-likeness (QED) is 0.550. The van der Waals surface area contributed by atoms with Gasteiger partial charge in [-0.1, -0.05) is 36.0 Å². The molecular weight excluding hydrogens is 456 g/mol. The molecular formula is C27H30N6OS. The predicted molar refractivity (Wildman–Crippen MR) is 138 cm³/mol. The number of ether oxygens (including phenoxy) is 1. The number of rotatable bonds is 3. The average Bonchev–Trinajstić information content (AvgIpc) is 3.58. The highest BCUT2D eigenvalue weighted by Gasteiger charge is 2.45. The van der Waals surface area contributed by atoms with Crippen molar-refractivity contribution in [2.75, 3.05) is 35.6 Å². The molecule has 2 fully saturated rings. The summed E-state index contributed by atoms with van der Waals surface area (Å²) in [4.78, 5) is 17.3. The Morgan fingerprint density at radius 2 is 1.74 bits per heavy atom. The van der Waals surface area contributed by atoms with Crippen LogP contribution in [0.2, 0.25) is 0 Å². The van der Waals surface area contributed by atoms with Crippen LogP contribution in [-0.4, -0.2) is 40.2 Å². The standard InChI is InChI=1S/C27H30N6OS/c28-23-25(35-20-5-11-29-24-22(20)34-14-10-27(32-24)6-7-27)30-17-21(31-23)33-12-8-26(9-13-33)15-18-3-1-2-4-19(18)16-26/h1-5,11,17H,6-10,12-16H2,(H2,28,31)(H,29,32). The van der Waals surface area contributed by atoms with Gasteiger partial charge in [-0.05, 0) is 61.1 Å². The minimum absolute atomic E-state index is 0.177. The van der Waals surface area contributed by atoms with Crippen molar-refractivity contribution in [3.8, 4) is 5.75 Å². The lowest BCUT2D eigenvalue weighted by Gasteiger charge is -2.40. The molecule has 180 valence electrons. The Morgan fingerprint density at radius 3 is 2.46 bits per heavy atom. The molecule has 1 saturated carbocycles. The fourth-order valence-electron chi connectivity index (χ4n) is 5.98. The van der Waals surface area contributed by atoms with Crippen molar-refractivity contribution in [1.82, 2.24) is 15.0 Å². The number of benzene rings is 1. The summed E-state index contributed by atoms with van der Waals surface area (Å²) in [5, 5.41) is 4.31. The molecule has 7 rings (SSSR count). The van der Waals surface area contributed by atoms with E-state index < -0.39 is 0 Å². The number of nitrogens with zero attached hydrogens (tertiary/aromatic N) is 4. The van der Waals surface area contributed by atoms with Crippen molar-refractivity contribution in [3.63, 3.8) is 0 Å². The van der Waals surface area contributed by atoms with Gasteiger partial charge in [-0.2, -0.15) is 0 Å². The van der Waals surface area contributed by atoms with Gasteiger partial charge in [0, 0.05) is 31.2 Å². The van der Waals surface area contributed by atoms with Gasteiger partial charge in [0.15, 0.2) is 17.4 Å². The van der Waals surface area contributed by atoms with Crippen LogP contribution in [0.25, 0.3) is 0 Å². The third-order valence-corrected chi connectivity index (χ3v) is 9.34. The number of nitrogens with one attached hydrogen (secondary N) is 1. The molecule has 0 radical (unpaired) electrons. The first-order chi connectivity index (χ1) is 17.1. The van der Waals surface area contributed by atoms with E-state index in [4.69, 9.17) is 20.4 Å². The van der Waals surface area contributed by atoms with Gasteiger partial charge in [0.2, 0.25) is 0 Å². The van der Waals surface area contributed by atoms with Crippen LogP contribution in [0.4, 0.5) is 17.5 Å². The van der Waals surface area contributed by atoms with Gasteiger partial charge in [-0.3, -0.25) is 0 Å². The molecule has 4 heterocycles. The lowest BCUT2D eigenvalue weighted by atomic mass is 9.76. The van der Waals surface area contributed by atoms with E-state index in [1.165, 1.54) is 61.4 Å². The molecule has 2 spiro atoms. The Kier molecular flexibility index (Phi) is 4.88. The molecule has 35 heavy (non-hydrogen) atoms. The van der Waals surface area contributed by atoms with E-state index in [1.807, 2.05) is 18.5 Å². The second-order valence-corrected chi connectivity index (χ2v) is 11.7. The Labute approximate surface area is 209 Å². The number of hydrogen-bond donors (Lipinski definition) is 2.